The molecule has 6 heteroatoms. The van der Waals surface area contributed by atoms with Crippen LogP contribution < -0.4 is 10.6 Å². The SMILES string of the molecule is CNc1ncc(Br)c(NC(C)c2ccc(Cl)cc2)n1. The number of hydrogen-bond acceptors (Lipinski definition) is 4. The Kier molecular flexibility index (Phi) is 4.61. The fourth-order valence-corrected chi connectivity index (χ4v) is 2.06. The summed E-state index contributed by atoms with van der Waals surface area (Å²) in [7, 11) is 1.79. The zero-order valence-electron chi connectivity index (χ0n) is 10.6. The maximum absolute atomic E-state index is 5.88. The van der Waals surface area contributed by atoms with Gasteiger partial charge in [-0.05, 0) is 40.5 Å². The summed E-state index contributed by atoms with van der Waals surface area (Å²) in [6.45, 7) is 2.07. The fraction of sp³-hybridized carbons (Fsp3) is 0.231. The van der Waals surface area contributed by atoms with E-state index < -0.39 is 0 Å². The quantitative estimate of drug-likeness (QED) is 0.879. The van der Waals surface area contributed by atoms with Gasteiger partial charge in [0.2, 0.25) is 5.95 Å². The van der Waals surface area contributed by atoms with Gasteiger partial charge < -0.3 is 10.6 Å². The van der Waals surface area contributed by atoms with Crippen molar-refractivity contribution < 1.29 is 0 Å². The molecule has 4 nitrogen and oxygen atoms in total. The Morgan fingerprint density at radius 1 is 1.26 bits per heavy atom. The number of aromatic nitrogens is 2. The molecule has 0 spiro atoms. The predicted molar refractivity (Wildman–Crippen MR) is 82.8 cm³/mol. The van der Waals surface area contributed by atoms with E-state index in [9.17, 15) is 0 Å². The van der Waals surface area contributed by atoms with Crippen LogP contribution in [0, 0.1) is 0 Å². The van der Waals surface area contributed by atoms with E-state index in [-0.39, 0.29) is 6.04 Å². The predicted octanol–water partition coefficient (Wildman–Crippen LogP) is 4.11. The maximum atomic E-state index is 5.88. The van der Waals surface area contributed by atoms with E-state index in [1.807, 2.05) is 24.3 Å². The molecule has 1 unspecified atom stereocenters. The van der Waals surface area contributed by atoms with Gasteiger partial charge in [-0.15, -0.1) is 0 Å². The molecule has 0 aliphatic carbocycles. The highest BCUT2D eigenvalue weighted by Crippen LogP contribution is 2.25. The summed E-state index contributed by atoms with van der Waals surface area (Å²) < 4.78 is 0.826. The van der Waals surface area contributed by atoms with Gasteiger partial charge in [-0.2, -0.15) is 4.98 Å². The van der Waals surface area contributed by atoms with E-state index in [4.69, 9.17) is 11.6 Å². The van der Waals surface area contributed by atoms with Gasteiger partial charge in [0.15, 0.2) is 0 Å². The second-order valence-corrected chi connectivity index (χ2v) is 5.35. The van der Waals surface area contributed by atoms with E-state index in [1.165, 1.54) is 0 Å². The van der Waals surface area contributed by atoms with Crippen LogP contribution in [-0.4, -0.2) is 17.0 Å². The van der Waals surface area contributed by atoms with Crippen LogP contribution in [0.5, 0.6) is 0 Å². The number of nitrogens with zero attached hydrogens (tertiary/aromatic N) is 2. The van der Waals surface area contributed by atoms with Gasteiger partial charge in [-0.3, -0.25) is 0 Å². The summed E-state index contributed by atoms with van der Waals surface area (Å²) in [5.41, 5.74) is 1.14. The van der Waals surface area contributed by atoms with E-state index in [1.54, 1.807) is 13.2 Å². The lowest BCUT2D eigenvalue weighted by Gasteiger charge is -2.16. The molecule has 1 aromatic carbocycles. The molecule has 0 aliphatic rings. The molecule has 1 atom stereocenters. The molecule has 0 fully saturated rings. The van der Waals surface area contributed by atoms with Crippen molar-refractivity contribution >= 4 is 39.3 Å². The molecule has 100 valence electrons. The summed E-state index contributed by atoms with van der Waals surface area (Å²) in [6.07, 6.45) is 1.72. The minimum atomic E-state index is 0.119. The molecule has 0 aliphatic heterocycles. The van der Waals surface area contributed by atoms with Crippen LogP contribution in [-0.2, 0) is 0 Å². The van der Waals surface area contributed by atoms with Crippen LogP contribution in [0.2, 0.25) is 5.02 Å². The largest absolute Gasteiger partial charge is 0.362 e. The van der Waals surface area contributed by atoms with Crippen LogP contribution in [0.1, 0.15) is 18.5 Å². The van der Waals surface area contributed by atoms with Crippen LogP contribution in [0.15, 0.2) is 34.9 Å². The van der Waals surface area contributed by atoms with Gasteiger partial charge in [0.05, 0.1) is 4.47 Å². The van der Waals surface area contributed by atoms with Gasteiger partial charge in [0.25, 0.3) is 0 Å². The molecular formula is C13H14BrClN4. The second kappa shape index (κ2) is 6.21. The van der Waals surface area contributed by atoms with Crippen LogP contribution >= 0.6 is 27.5 Å². The molecule has 2 rings (SSSR count). The lowest BCUT2D eigenvalue weighted by Crippen LogP contribution is -2.09. The minimum absolute atomic E-state index is 0.119. The Balaban J connectivity index is 2.18. The average Bonchev–Trinajstić information content (AvgIpc) is 2.42. The third kappa shape index (κ3) is 3.58. The Hall–Kier alpha value is -1.33. The molecule has 0 amide bonds. The minimum Gasteiger partial charge on any atom is -0.362 e. The van der Waals surface area contributed by atoms with Crippen LogP contribution in [0.4, 0.5) is 11.8 Å². The van der Waals surface area contributed by atoms with Crippen molar-refractivity contribution in [3.8, 4) is 0 Å². The third-order valence-corrected chi connectivity index (χ3v) is 3.52. The molecule has 1 heterocycles. The van der Waals surface area contributed by atoms with E-state index in [0.29, 0.717) is 5.95 Å². The molecule has 2 aromatic rings. The normalized spacial score (nSPS) is 12.0. The zero-order chi connectivity index (χ0) is 13.8. The van der Waals surface area contributed by atoms with Crippen molar-refractivity contribution in [2.45, 2.75) is 13.0 Å². The van der Waals surface area contributed by atoms with Gasteiger partial charge in [0, 0.05) is 24.3 Å². The first kappa shape index (κ1) is 14.1. The van der Waals surface area contributed by atoms with Crippen molar-refractivity contribution in [3.05, 3.63) is 45.5 Å². The lowest BCUT2D eigenvalue weighted by atomic mass is 10.1. The van der Waals surface area contributed by atoms with Gasteiger partial charge in [0.1, 0.15) is 5.82 Å². The summed E-state index contributed by atoms with van der Waals surface area (Å²) in [6, 6.07) is 7.86. The second-order valence-electron chi connectivity index (χ2n) is 4.06. The Bertz CT molecular complexity index is 559. The van der Waals surface area contributed by atoms with E-state index in [0.717, 1.165) is 20.9 Å². The van der Waals surface area contributed by atoms with Crippen molar-refractivity contribution in [2.75, 3.05) is 17.7 Å². The maximum Gasteiger partial charge on any atom is 0.224 e. The van der Waals surface area contributed by atoms with Crippen molar-refractivity contribution in [2.24, 2.45) is 0 Å². The number of rotatable bonds is 4. The van der Waals surface area contributed by atoms with Gasteiger partial charge in [-0.1, -0.05) is 23.7 Å². The fourth-order valence-electron chi connectivity index (χ4n) is 1.63. The topological polar surface area (TPSA) is 49.8 Å². The number of halogens is 2. The molecule has 0 radical (unpaired) electrons. The van der Waals surface area contributed by atoms with E-state index in [2.05, 4.69) is 43.5 Å². The van der Waals surface area contributed by atoms with E-state index >= 15 is 0 Å². The number of benzene rings is 1. The number of anilines is 2. The highest BCUT2D eigenvalue weighted by molar-refractivity contribution is 9.10. The number of nitrogens with one attached hydrogen (secondary N) is 2. The summed E-state index contributed by atoms with van der Waals surface area (Å²) in [5.74, 6) is 1.33. The first-order valence-corrected chi connectivity index (χ1v) is 6.99. The molecule has 0 bridgehead atoms. The van der Waals surface area contributed by atoms with Crippen LogP contribution in [0.3, 0.4) is 0 Å². The molecule has 2 N–H and O–H groups in total. The zero-order valence-corrected chi connectivity index (χ0v) is 13.0. The number of hydrogen-bond donors (Lipinski definition) is 2. The molecular weight excluding hydrogens is 328 g/mol. The smallest absolute Gasteiger partial charge is 0.224 e. The van der Waals surface area contributed by atoms with Crippen LogP contribution in [0.25, 0.3) is 0 Å². The summed E-state index contributed by atoms with van der Waals surface area (Å²) in [4.78, 5) is 8.49. The first-order chi connectivity index (χ1) is 9.10. The average molecular weight is 342 g/mol. The van der Waals surface area contributed by atoms with Gasteiger partial charge >= 0.3 is 0 Å². The molecule has 1 aromatic heterocycles. The van der Waals surface area contributed by atoms with Crippen molar-refractivity contribution in [1.82, 2.24) is 9.97 Å². The Morgan fingerprint density at radius 3 is 2.58 bits per heavy atom. The third-order valence-electron chi connectivity index (χ3n) is 2.69. The highest BCUT2D eigenvalue weighted by Gasteiger charge is 2.10. The first-order valence-electron chi connectivity index (χ1n) is 5.82. The van der Waals surface area contributed by atoms with Crippen molar-refractivity contribution in [3.63, 3.8) is 0 Å². The lowest BCUT2D eigenvalue weighted by molar-refractivity contribution is 0.870. The standard InChI is InChI=1S/C13H14BrClN4/c1-8(9-3-5-10(15)6-4-9)18-12-11(14)7-17-13(16-2)19-12/h3-8H,1-2H3,(H2,16,17,18,19). The van der Waals surface area contributed by atoms with Crippen molar-refractivity contribution in [1.29, 1.82) is 0 Å². The Labute approximate surface area is 125 Å². The summed E-state index contributed by atoms with van der Waals surface area (Å²) in [5, 5.41) is 6.99. The highest BCUT2D eigenvalue weighted by atomic mass is 79.9. The monoisotopic (exact) mass is 340 g/mol. The molecule has 0 saturated carbocycles. The molecule has 0 saturated heterocycles. The Morgan fingerprint density at radius 2 is 1.95 bits per heavy atom. The molecule has 19 heavy (non-hydrogen) atoms. The van der Waals surface area contributed by atoms with Gasteiger partial charge in [-0.25, -0.2) is 4.98 Å². The summed E-state index contributed by atoms with van der Waals surface area (Å²) >= 11 is 9.32.